The molecule has 1 amide bonds. The van der Waals surface area contributed by atoms with Crippen molar-refractivity contribution < 1.29 is 22.7 Å². The molecule has 2 N–H and O–H groups in total. The van der Waals surface area contributed by atoms with Crippen molar-refractivity contribution in [2.24, 2.45) is 0 Å². The number of methoxy groups -OCH3 is 1. The van der Waals surface area contributed by atoms with Gasteiger partial charge in [-0.2, -0.15) is 0 Å². The molecule has 0 fully saturated rings. The van der Waals surface area contributed by atoms with E-state index in [9.17, 15) is 22.8 Å². The largest absolute Gasteiger partial charge is 0.385 e. The average molecular weight is 376 g/mol. The molecule has 0 saturated heterocycles. The summed E-state index contributed by atoms with van der Waals surface area (Å²) in [5.74, 6) is -5.35. The summed E-state index contributed by atoms with van der Waals surface area (Å²) < 4.78 is 45.7. The van der Waals surface area contributed by atoms with Crippen LogP contribution in [0, 0.1) is 17.5 Å². The summed E-state index contributed by atoms with van der Waals surface area (Å²) in [5.41, 5.74) is -0.894. The fourth-order valence-electron chi connectivity index (χ4n) is 1.92. The number of nitrogens with one attached hydrogen (secondary N) is 2. The summed E-state index contributed by atoms with van der Waals surface area (Å²) in [6, 6.07) is 1.63. The Bertz CT molecular complexity index is 809. The maximum absolute atomic E-state index is 13.5. The average Bonchev–Trinajstić information content (AvgIpc) is 2.94. The lowest BCUT2D eigenvalue weighted by atomic mass is 10.3. The van der Waals surface area contributed by atoms with Crippen LogP contribution in [0.3, 0.4) is 0 Å². The van der Waals surface area contributed by atoms with E-state index >= 15 is 0 Å². The molecule has 0 bridgehead atoms. The van der Waals surface area contributed by atoms with Crippen LogP contribution in [0.15, 0.2) is 22.1 Å². The van der Waals surface area contributed by atoms with Gasteiger partial charge in [-0.15, -0.1) is 5.10 Å². The number of amides is 1. The van der Waals surface area contributed by atoms with Crippen molar-refractivity contribution in [3.05, 3.63) is 40.1 Å². The predicted molar refractivity (Wildman–Crippen MR) is 85.0 cm³/mol. The summed E-state index contributed by atoms with van der Waals surface area (Å²) >= 11 is 0.944. The molecule has 136 valence electrons. The van der Waals surface area contributed by atoms with Gasteiger partial charge in [0.1, 0.15) is 0 Å². The lowest BCUT2D eigenvalue weighted by Crippen LogP contribution is -2.20. The summed E-state index contributed by atoms with van der Waals surface area (Å²) in [5, 5.41) is 8.49. The highest BCUT2D eigenvalue weighted by molar-refractivity contribution is 7.99. The van der Waals surface area contributed by atoms with Crippen LogP contribution in [0.5, 0.6) is 0 Å². The van der Waals surface area contributed by atoms with Gasteiger partial charge in [-0.25, -0.2) is 23.1 Å². The Hall–Kier alpha value is -2.27. The van der Waals surface area contributed by atoms with Crippen LogP contribution in [-0.4, -0.2) is 40.1 Å². The van der Waals surface area contributed by atoms with E-state index in [0.717, 1.165) is 17.8 Å². The molecule has 2 aromatic rings. The molecule has 7 nitrogen and oxygen atoms in total. The summed E-state index contributed by atoms with van der Waals surface area (Å²) in [6.45, 7) is 0.808. The first-order valence-electron chi connectivity index (χ1n) is 7.14. The van der Waals surface area contributed by atoms with Crippen LogP contribution in [0.1, 0.15) is 6.42 Å². The Morgan fingerprint density at radius 1 is 1.36 bits per heavy atom. The van der Waals surface area contributed by atoms with Crippen LogP contribution in [-0.2, 0) is 16.1 Å². The fraction of sp³-hybridized carbons (Fsp3) is 0.357. The number of anilines is 1. The molecule has 0 spiro atoms. The van der Waals surface area contributed by atoms with Crippen molar-refractivity contribution in [2.45, 2.75) is 18.1 Å². The van der Waals surface area contributed by atoms with E-state index in [1.807, 2.05) is 0 Å². The van der Waals surface area contributed by atoms with Gasteiger partial charge in [-0.05, 0) is 18.6 Å². The Morgan fingerprint density at radius 3 is 2.84 bits per heavy atom. The molecule has 0 radical (unpaired) electrons. The second-order valence-corrected chi connectivity index (χ2v) is 5.81. The molecule has 0 atom stereocenters. The lowest BCUT2D eigenvalue weighted by Gasteiger charge is -2.08. The van der Waals surface area contributed by atoms with Gasteiger partial charge in [0, 0.05) is 20.3 Å². The Kier molecular flexibility index (Phi) is 6.65. The minimum Gasteiger partial charge on any atom is -0.385 e. The van der Waals surface area contributed by atoms with E-state index in [-0.39, 0.29) is 10.9 Å². The molecule has 0 aliphatic carbocycles. The van der Waals surface area contributed by atoms with Gasteiger partial charge in [-0.1, -0.05) is 11.8 Å². The number of rotatable bonds is 8. The lowest BCUT2D eigenvalue weighted by molar-refractivity contribution is -0.113. The molecule has 1 aromatic heterocycles. The van der Waals surface area contributed by atoms with E-state index < -0.39 is 34.7 Å². The number of hydrogen-bond donors (Lipinski definition) is 2. The van der Waals surface area contributed by atoms with Crippen molar-refractivity contribution >= 4 is 23.4 Å². The first-order chi connectivity index (χ1) is 11.9. The smallest absolute Gasteiger partial charge is 0.343 e. The van der Waals surface area contributed by atoms with E-state index in [1.165, 1.54) is 11.7 Å². The van der Waals surface area contributed by atoms with Gasteiger partial charge in [-0.3, -0.25) is 9.36 Å². The maximum atomic E-state index is 13.5. The normalized spacial score (nSPS) is 10.9. The Morgan fingerprint density at radius 2 is 2.12 bits per heavy atom. The molecule has 2 rings (SSSR count). The third-order valence-electron chi connectivity index (χ3n) is 3.10. The number of halogens is 3. The second-order valence-electron chi connectivity index (χ2n) is 4.87. The minimum atomic E-state index is -1.66. The number of hydrogen-bond acceptors (Lipinski definition) is 5. The van der Waals surface area contributed by atoms with Crippen LogP contribution in [0.2, 0.25) is 0 Å². The molecule has 0 aliphatic rings. The van der Waals surface area contributed by atoms with Gasteiger partial charge in [0.05, 0.1) is 11.4 Å². The number of aromatic nitrogens is 3. The molecular formula is C14H15F3N4O3S. The van der Waals surface area contributed by atoms with Crippen LogP contribution >= 0.6 is 11.8 Å². The van der Waals surface area contributed by atoms with Gasteiger partial charge < -0.3 is 10.1 Å². The van der Waals surface area contributed by atoms with Crippen molar-refractivity contribution in [3.8, 4) is 0 Å². The zero-order chi connectivity index (χ0) is 18.4. The summed E-state index contributed by atoms with van der Waals surface area (Å²) in [7, 11) is 1.54. The third-order valence-corrected chi connectivity index (χ3v) is 4.07. The SMILES string of the molecule is COCCCn1c(SCC(=O)Nc2ccc(F)c(F)c2F)n[nH]c1=O. The molecule has 0 unspecified atom stereocenters. The number of benzene rings is 1. The molecule has 25 heavy (non-hydrogen) atoms. The quantitative estimate of drug-likeness (QED) is 0.416. The maximum Gasteiger partial charge on any atom is 0.343 e. The van der Waals surface area contributed by atoms with Crippen molar-refractivity contribution in [2.75, 3.05) is 24.8 Å². The molecule has 1 aromatic carbocycles. The third kappa shape index (κ3) is 4.86. The van der Waals surface area contributed by atoms with Crippen molar-refractivity contribution in [1.29, 1.82) is 0 Å². The van der Waals surface area contributed by atoms with Gasteiger partial charge >= 0.3 is 5.69 Å². The number of carbonyl (C=O) groups is 1. The first kappa shape index (κ1) is 19.1. The predicted octanol–water partition coefficient (Wildman–Crippen LogP) is 1.76. The topological polar surface area (TPSA) is 89.0 Å². The van der Waals surface area contributed by atoms with E-state index in [2.05, 4.69) is 15.5 Å². The standard InChI is InChI=1S/C14H15F3N4O3S/c1-24-6-2-5-21-13(23)19-20-14(21)25-7-10(22)18-9-4-3-8(15)11(16)12(9)17/h3-4H,2,5-7H2,1H3,(H,18,22)(H,19,23). The van der Waals surface area contributed by atoms with Crippen LogP contribution in [0.4, 0.5) is 18.9 Å². The number of nitrogens with zero attached hydrogens (tertiary/aromatic N) is 2. The second kappa shape index (κ2) is 8.72. The molecule has 0 saturated carbocycles. The van der Waals surface area contributed by atoms with E-state index in [0.29, 0.717) is 25.6 Å². The van der Waals surface area contributed by atoms with Crippen molar-refractivity contribution in [1.82, 2.24) is 14.8 Å². The number of thioether (sulfide) groups is 1. The highest BCUT2D eigenvalue weighted by Gasteiger charge is 2.16. The Balaban J connectivity index is 1.97. The highest BCUT2D eigenvalue weighted by Crippen LogP contribution is 2.20. The number of H-pyrrole nitrogens is 1. The summed E-state index contributed by atoms with van der Waals surface area (Å²) in [4.78, 5) is 23.5. The van der Waals surface area contributed by atoms with Crippen molar-refractivity contribution in [3.63, 3.8) is 0 Å². The summed E-state index contributed by atoms with van der Waals surface area (Å²) in [6.07, 6.45) is 0.579. The Labute approximate surface area is 144 Å². The fourth-order valence-corrected chi connectivity index (χ4v) is 2.69. The molecule has 1 heterocycles. The van der Waals surface area contributed by atoms with Gasteiger partial charge in [0.25, 0.3) is 0 Å². The molecule has 0 aliphatic heterocycles. The number of ether oxygens (including phenoxy) is 1. The minimum absolute atomic E-state index is 0.201. The highest BCUT2D eigenvalue weighted by atomic mass is 32.2. The van der Waals surface area contributed by atoms with Gasteiger partial charge in [0.2, 0.25) is 5.91 Å². The van der Waals surface area contributed by atoms with Crippen LogP contribution < -0.4 is 11.0 Å². The van der Waals surface area contributed by atoms with E-state index in [4.69, 9.17) is 4.74 Å². The van der Waals surface area contributed by atoms with Crippen LogP contribution in [0.25, 0.3) is 0 Å². The zero-order valence-corrected chi connectivity index (χ0v) is 14.0. The first-order valence-corrected chi connectivity index (χ1v) is 8.13. The molecule has 11 heteroatoms. The van der Waals surface area contributed by atoms with E-state index in [1.54, 1.807) is 0 Å². The number of carbonyl (C=O) groups excluding carboxylic acids is 1. The van der Waals surface area contributed by atoms with Gasteiger partial charge in [0.15, 0.2) is 22.6 Å². The molecular weight excluding hydrogens is 361 g/mol. The number of aromatic amines is 1. The monoisotopic (exact) mass is 376 g/mol. The zero-order valence-electron chi connectivity index (χ0n) is 13.1.